The maximum absolute atomic E-state index is 12.0. The van der Waals surface area contributed by atoms with E-state index in [9.17, 15) is 4.79 Å². The highest BCUT2D eigenvalue weighted by molar-refractivity contribution is 6.33. The van der Waals surface area contributed by atoms with Crippen LogP contribution in [-0.4, -0.2) is 31.8 Å². The summed E-state index contributed by atoms with van der Waals surface area (Å²) in [7, 11) is 0. The summed E-state index contributed by atoms with van der Waals surface area (Å²) in [5.41, 5.74) is 0.737. The summed E-state index contributed by atoms with van der Waals surface area (Å²) >= 11 is 6.14. The normalized spacial score (nSPS) is 27.4. The number of benzene rings is 1. The fraction of sp³-hybridized carbons (Fsp3) is 0.500. The molecule has 0 spiro atoms. The van der Waals surface area contributed by atoms with Crippen LogP contribution in [0.15, 0.2) is 24.3 Å². The number of halogens is 1. The lowest BCUT2D eigenvalue weighted by Crippen LogP contribution is -2.38. The predicted molar refractivity (Wildman–Crippen MR) is 74.7 cm³/mol. The molecule has 1 aromatic carbocycles. The molecule has 1 amide bonds. The highest BCUT2D eigenvalue weighted by atomic mass is 35.5. The Kier molecular flexibility index (Phi) is 3.62. The summed E-state index contributed by atoms with van der Waals surface area (Å²) in [6.07, 6.45) is 1.94. The number of anilines is 1. The van der Waals surface area contributed by atoms with Gasteiger partial charge in [0, 0.05) is 12.5 Å². The van der Waals surface area contributed by atoms with E-state index in [1.807, 2.05) is 18.2 Å². The maximum atomic E-state index is 12.0. The lowest BCUT2D eigenvalue weighted by Gasteiger charge is -2.26. The Morgan fingerprint density at radius 3 is 2.95 bits per heavy atom. The van der Waals surface area contributed by atoms with Crippen molar-refractivity contribution in [1.29, 1.82) is 0 Å². The molecule has 0 bridgehead atoms. The number of amides is 1. The van der Waals surface area contributed by atoms with Gasteiger partial charge < -0.3 is 10.1 Å². The number of piperidine rings is 1. The monoisotopic (exact) mass is 280 g/mol. The van der Waals surface area contributed by atoms with Gasteiger partial charge in [-0.15, -0.1) is 0 Å². The quantitative estimate of drug-likeness (QED) is 0.906. The van der Waals surface area contributed by atoms with Crippen LogP contribution < -0.4 is 10.2 Å². The van der Waals surface area contributed by atoms with E-state index in [0.29, 0.717) is 17.5 Å². The van der Waals surface area contributed by atoms with Crippen molar-refractivity contribution in [3.8, 4) is 0 Å². The van der Waals surface area contributed by atoms with Crippen molar-refractivity contribution in [2.24, 2.45) is 5.92 Å². The molecule has 1 aromatic rings. The fourth-order valence-electron chi connectivity index (χ4n) is 2.79. The van der Waals surface area contributed by atoms with Crippen LogP contribution in [0.3, 0.4) is 0 Å². The van der Waals surface area contributed by atoms with Crippen LogP contribution >= 0.6 is 11.6 Å². The Balaban J connectivity index is 1.75. The van der Waals surface area contributed by atoms with Crippen molar-refractivity contribution in [3.05, 3.63) is 29.3 Å². The summed E-state index contributed by atoms with van der Waals surface area (Å²) in [6, 6.07) is 7.38. The van der Waals surface area contributed by atoms with E-state index in [1.54, 1.807) is 11.0 Å². The molecule has 4 nitrogen and oxygen atoms in total. The zero-order valence-corrected chi connectivity index (χ0v) is 11.4. The van der Waals surface area contributed by atoms with E-state index in [-0.39, 0.29) is 12.2 Å². The second kappa shape index (κ2) is 5.39. The maximum Gasteiger partial charge on any atom is 0.414 e. The summed E-state index contributed by atoms with van der Waals surface area (Å²) in [6.45, 7) is 2.58. The Morgan fingerprint density at radius 2 is 2.21 bits per heavy atom. The zero-order valence-electron chi connectivity index (χ0n) is 10.6. The van der Waals surface area contributed by atoms with Crippen LogP contribution in [0.25, 0.3) is 0 Å². The van der Waals surface area contributed by atoms with Crippen molar-refractivity contribution < 1.29 is 9.53 Å². The minimum absolute atomic E-state index is 0.0310. The van der Waals surface area contributed by atoms with Gasteiger partial charge in [-0.05, 0) is 31.5 Å². The molecule has 2 heterocycles. The summed E-state index contributed by atoms with van der Waals surface area (Å²) < 4.78 is 5.51. The van der Waals surface area contributed by atoms with Crippen molar-refractivity contribution in [3.63, 3.8) is 0 Å². The molecule has 19 heavy (non-hydrogen) atoms. The summed E-state index contributed by atoms with van der Waals surface area (Å²) in [5.74, 6) is 0.408. The number of hydrogen-bond acceptors (Lipinski definition) is 3. The third-order valence-electron chi connectivity index (χ3n) is 3.84. The number of nitrogens with zero attached hydrogens (tertiary/aromatic N) is 1. The molecular weight excluding hydrogens is 264 g/mol. The molecule has 2 fully saturated rings. The predicted octanol–water partition coefficient (Wildman–Crippen LogP) is 2.66. The van der Waals surface area contributed by atoms with E-state index in [4.69, 9.17) is 16.3 Å². The van der Waals surface area contributed by atoms with Gasteiger partial charge in [0.1, 0.15) is 6.10 Å². The smallest absolute Gasteiger partial charge is 0.414 e. The molecule has 2 atom stereocenters. The minimum atomic E-state index is -0.288. The zero-order chi connectivity index (χ0) is 13.2. The third kappa shape index (κ3) is 2.55. The lowest BCUT2D eigenvalue weighted by atomic mass is 9.94. The Labute approximate surface area is 117 Å². The van der Waals surface area contributed by atoms with Gasteiger partial charge in [-0.1, -0.05) is 23.7 Å². The first-order chi connectivity index (χ1) is 9.25. The Hall–Kier alpha value is -1.26. The van der Waals surface area contributed by atoms with Gasteiger partial charge in [-0.2, -0.15) is 0 Å². The number of hydrogen-bond donors (Lipinski definition) is 1. The number of carbonyl (C=O) groups excluding carboxylic acids is 1. The van der Waals surface area contributed by atoms with E-state index in [0.717, 1.165) is 31.6 Å². The van der Waals surface area contributed by atoms with Crippen molar-refractivity contribution >= 4 is 23.4 Å². The van der Waals surface area contributed by atoms with Crippen LogP contribution in [0.1, 0.15) is 12.8 Å². The first-order valence-corrected chi connectivity index (χ1v) is 7.07. The van der Waals surface area contributed by atoms with Crippen molar-refractivity contribution in [2.45, 2.75) is 18.9 Å². The average molecular weight is 281 g/mol. The molecule has 0 aromatic heterocycles. The molecule has 0 aliphatic carbocycles. The van der Waals surface area contributed by atoms with E-state index < -0.39 is 0 Å². The molecule has 1 N–H and O–H groups in total. The van der Waals surface area contributed by atoms with Gasteiger partial charge in [-0.3, -0.25) is 4.90 Å². The van der Waals surface area contributed by atoms with Gasteiger partial charge in [-0.25, -0.2) is 4.79 Å². The average Bonchev–Trinajstić information content (AvgIpc) is 2.82. The molecular formula is C14H17ClN2O2. The van der Waals surface area contributed by atoms with Crippen LogP contribution in [0, 0.1) is 5.92 Å². The largest absolute Gasteiger partial charge is 0.444 e. The van der Waals surface area contributed by atoms with Crippen LogP contribution in [-0.2, 0) is 4.74 Å². The van der Waals surface area contributed by atoms with Gasteiger partial charge in [0.25, 0.3) is 0 Å². The van der Waals surface area contributed by atoms with Gasteiger partial charge in [0.05, 0.1) is 17.3 Å². The summed E-state index contributed by atoms with van der Waals surface area (Å²) in [5, 5.41) is 3.94. The van der Waals surface area contributed by atoms with Gasteiger partial charge in [0.15, 0.2) is 0 Å². The molecule has 102 valence electrons. The second-order valence-corrected chi connectivity index (χ2v) is 5.50. The number of ether oxygens (including phenoxy) is 1. The standard InChI is InChI=1S/C14H17ClN2O2/c15-11-5-1-2-6-12(11)17-9-13(19-14(17)18)10-4-3-7-16-8-10/h1-2,5-6,10,13,16H,3-4,7-9H2. The van der Waals surface area contributed by atoms with Gasteiger partial charge in [0.2, 0.25) is 0 Å². The molecule has 5 heteroatoms. The van der Waals surface area contributed by atoms with E-state index in [1.165, 1.54) is 0 Å². The Morgan fingerprint density at radius 1 is 1.37 bits per heavy atom. The molecule has 2 unspecified atom stereocenters. The SMILES string of the molecule is O=C1OC(C2CCCNC2)CN1c1ccccc1Cl. The number of nitrogens with one attached hydrogen (secondary N) is 1. The van der Waals surface area contributed by atoms with E-state index in [2.05, 4.69) is 5.32 Å². The topological polar surface area (TPSA) is 41.6 Å². The Bertz CT molecular complexity index is 474. The van der Waals surface area contributed by atoms with Crippen LogP contribution in [0.5, 0.6) is 0 Å². The number of carbonyl (C=O) groups is 1. The fourth-order valence-corrected chi connectivity index (χ4v) is 3.03. The first kappa shape index (κ1) is 12.8. The highest BCUT2D eigenvalue weighted by Gasteiger charge is 2.38. The lowest BCUT2D eigenvalue weighted by molar-refractivity contribution is 0.0942. The molecule has 2 saturated heterocycles. The van der Waals surface area contributed by atoms with Crippen molar-refractivity contribution in [1.82, 2.24) is 5.32 Å². The second-order valence-electron chi connectivity index (χ2n) is 5.09. The van der Waals surface area contributed by atoms with Gasteiger partial charge >= 0.3 is 6.09 Å². The highest BCUT2D eigenvalue weighted by Crippen LogP contribution is 2.31. The molecule has 2 aliphatic rings. The molecule has 0 saturated carbocycles. The summed E-state index contributed by atoms with van der Waals surface area (Å²) in [4.78, 5) is 13.6. The first-order valence-electron chi connectivity index (χ1n) is 6.69. The van der Waals surface area contributed by atoms with E-state index >= 15 is 0 Å². The molecule has 2 aliphatic heterocycles. The third-order valence-corrected chi connectivity index (χ3v) is 4.16. The molecule has 3 rings (SSSR count). The van der Waals surface area contributed by atoms with Crippen LogP contribution in [0.4, 0.5) is 10.5 Å². The van der Waals surface area contributed by atoms with Crippen LogP contribution in [0.2, 0.25) is 5.02 Å². The number of para-hydroxylation sites is 1. The van der Waals surface area contributed by atoms with Crippen molar-refractivity contribution in [2.75, 3.05) is 24.5 Å². The number of cyclic esters (lactones) is 1. The number of rotatable bonds is 2. The minimum Gasteiger partial charge on any atom is -0.444 e. The molecule has 0 radical (unpaired) electrons.